The van der Waals surface area contributed by atoms with Crippen LogP contribution in [0, 0.1) is 5.92 Å². The summed E-state index contributed by atoms with van der Waals surface area (Å²) >= 11 is 0. The average Bonchev–Trinajstić information content (AvgIpc) is 2.92. The van der Waals surface area contributed by atoms with Crippen LogP contribution >= 0.6 is 0 Å². The number of allylic oxidation sites excluding steroid dienone is 4. The molecule has 21 heavy (non-hydrogen) atoms. The highest BCUT2D eigenvalue weighted by Gasteiger charge is 2.44. The number of hydrogen-bond acceptors (Lipinski definition) is 4. The van der Waals surface area contributed by atoms with Gasteiger partial charge in [0, 0.05) is 0 Å². The largest absolute Gasteiger partial charge is 0.388 e. The van der Waals surface area contributed by atoms with E-state index in [0.717, 1.165) is 31.1 Å². The number of hydrogen-bond donors (Lipinski definition) is 0. The van der Waals surface area contributed by atoms with Crippen LogP contribution in [0.2, 0.25) is 0 Å². The second kappa shape index (κ2) is 6.05. The highest BCUT2D eigenvalue weighted by atomic mass is 32.2. The van der Waals surface area contributed by atoms with Crippen LogP contribution in [-0.4, -0.2) is 37.7 Å². The molecule has 2 aliphatic carbocycles. The Morgan fingerprint density at radius 3 is 2.48 bits per heavy atom. The Labute approximate surface area is 123 Å². The molecule has 1 saturated carbocycles. The molecule has 0 aromatic carbocycles. The van der Waals surface area contributed by atoms with Crippen molar-refractivity contribution in [3.8, 4) is 0 Å². The van der Waals surface area contributed by atoms with E-state index in [9.17, 15) is 21.2 Å². The maximum absolute atomic E-state index is 14.2. The highest BCUT2D eigenvalue weighted by molar-refractivity contribution is 8.09. The predicted molar refractivity (Wildman–Crippen MR) is 75.6 cm³/mol. The lowest BCUT2D eigenvalue weighted by Crippen LogP contribution is -2.32. The molecule has 1 atom stereocenters. The van der Waals surface area contributed by atoms with Crippen molar-refractivity contribution in [3.05, 3.63) is 28.7 Å². The van der Waals surface area contributed by atoms with Crippen LogP contribution in [0.4, 0.5) is 4.39 Å². The average molecular weight is 332 g/mol. The van der Waals surface area contributed by atoms with Crippen molar-refractivity contribution in [2.24, 2.45) is 5.92 Å². The molecular formula is C12H13FN2O4S2. The maximum Gasteiger partial charge on any atom is 0.388 e. The fourth-order valence-corrected chi connectivity index (χ4v) is 4.80. The van der Waals surface area contributed by atoms with Crippen molar-refractivity contribution in [1.82, 2.24) is 0 Å². The molecule has 0 amide bonds. The van der Waals surface area contributed by atoms with E-state index in [4.69, 9.17) is 5.53 Å². The maximum atomic E-state index is 14.2. The molecule has 0 saturated heterocycles. The fraction of sp³-hybridized carbons (Fsp3) is 0.500. The Kier molecular flexibility index (Phi) is 4.55. The van der Waals surface area contributed by atoms with Gasteiger partial charge in [0.2, 0.25) is 10.3 Å². The third kappa shape index (κ3) is 2.90. The SMILES string of the molecule is [N-]=[N+]=C(C1CCCC1)S(=O)(=O)C1=CC=CC(=S(=O)=O)C1F. The van der Waals surface area contributed by atoms with Gasteiger partial charge >= 0.3 is 5.04 Å². The molecule has 0 bridgehead atoms. The topological polar surface area (TPSA) is 105 Å². The second-order valence-corrected chi connectivity index (χ2v) is 7.69. The van der Waals surface area contributed by atoms with Gasteiger partial charge in [0.25, 0.3) is 9.84 Å². The summed E-state index contributed by atoms with van der Waals surface area (Å²) < 4.78 is 60.9. The van der Waals surface area contributed by atoms with E-state index in [1.807, 2.05) is 0 Å². The summed E-state index contributed by atoms with van der Waals surface area (Å²) in [6.45, 7) is 0. The van der Waals surface area contributed by atoms with Gasteiger partial charge in [0.05, 0.1) is 10.8 Å². The minimum atomic E-state index is -4.33. The summed E-state index contributed by atoms with van der Waals surface area (Å²) in [5.74, 6) is -0.458. The molecule has 9 heteroatoms. The quantitative estimate of drug-likeness (QED) is 0.248. The Hall–Kier alpha value is -1.57. The molecule has 0 aromatic heterocycles. The Morgan fingerprint density at radius 1 is 1.33 bits per heavy atom. The Bertz CT molecular complexity index is 788. The van der Waals surface area contributed by atoms with Crippen molar-refractivity contribution in [3.63, 3.8) is 0 Å². The zero-order valence-corrected chi connectivity index (χ0v) is 12.6. The molecule has 0 aliphatic heterocycles. The summed E-state index contributed by atoms with van der Waals surface area (Å²) in [6, 6.07) is 0. The third-order valence-electron chi connectivity index (χ3n) is 3.60. The van der Waals surface area contributed by atoms with Crippen molar-refractivity contribution in [1.29, 1.82) is 0 Å². The monoisotopic (exact) mass is 332 g/mol. The van der Waals surface area contributed by atoms with Gasteiger partial charge in [-0.25, -0.2) is 12.8 Å². The van der Waals surface area contributed by atoms with Crippen LogP contribution in [0.1, 0.15) is 25.7 Å². The van der Waals surface area contributed by atoms with Crippen LogP contribution in [0.3, 0.4) is 0 Å². The lowest BCUT2D eigenvalue weighted by Gasteiger charge is -2.14. The van der Waals surface area contributed by atoms with E-state index < -0.39 is 47.0 Å². The van der Waals surface area contributed by atoms with E-state index in [-0.39, 0.29) is 0 Å². The minimum absolute atomic E-state index is 0.458. The molecular weight excluding hydrogens is 319 g/mol. The number of rotatable bonds is 2. The van der Waals surface area contributed by atoms with Gasteiger partial charge in [-0.05, 0) is 25.0 Å². The van der Waals surface area contributed by atoms with Gasteiger partial charge in [0.1, 0.15) is 4.86 Å². The summed E-state index contributed by atoms with van der Waals surface area (Å²) in [4.78, 5) is 1.50. The molecule has 0 aromatic rings. The molecule has 2 rings (SSSR count). The van der Waals surface area contributed by atoms with Crippen LogP contribution in [-0.2, 0) is 20.1 Å². The summed E-state index contributed by atoms with van der Waals surface area (Å²) in [6.07, 6.45) is 3.56. The number of alkyl halides is 1. The van der Waals surface area contributed by atoms with Crippen LogP contribution < -0.4 is 0 Å². The van der Waals surface area contributed by atoms with Gasteiger partial charge in [0.15, 0.2) is 6.17 Å². The van der Waals surface area contributed by atoms with Crippen molar-refractivity contribution < 1.29 is 26.0 Å². The van der Waals surface area contributed by atoms with Gasteiger partial charge in [-0.3, -0.25) is 0 Å². The van der Waals surface area contributed by atoms with Crippen LogP contribution in [0.25, 0.3) is 5.53 Å². The minimum Gasteiger partial charge on any atom is -0.360 e. The molecule has 0 spiro atoms. The first-order chi connectivity index (χ1) is 9.89. The summed E-state index contributed by atoms with van der Waals surface area (Å²) in [5, 5.41) is -0.486. The van der Waals surface area contributed by atoms with Gasteiger partial charge < -0.3 is 5.53 Å². The van der Waals surface area contributed by atoms with Crippen molar-refractivity contribution in [2.45, 2.75) is 31.9 Å². The van der Waals surface area contributed by atoms with Gasteiger partial charge in [-0.1, -0.05) is 18.9 Å². The Morgan fingerprint density at radius 2 is 1.95 bits per heavy atom. The first kappa shape index (κ1) is 15.8. The molecule has 2 aliphatic rings. The molecule has 1 unspecified atom stereocenters. The zero-order chi connectivity index (χ0) is 15.6. The van der Waals surface area contributed by atoms with E-state index in [1.54, 1.807) is 0 Å². The molecule has 114 valence electrons. The van der Waals surface area contributed by atoms with E-state index in [2.05, 4.69) is 4.79 Å². The highest BCUT2D eigenvalue weighted by Crippen LogP contribution is 2.31. The first-order valence-electron chi connectivity index (χ1n) is 6.35. The van der Waals surface area contributed by atoms with Crippen molar-refractivity contribution >= 4 is 30.0 Å². The van der Waals surface area contributed by atoms with Gasteiger partial charge in [-0.2, -0.15) is 13.2 Å². The number of sulfone groups is 1. The third-order valence-corrected chi connectivity index (χ3v) is 6.26. The lowest BCUT2D eigenvalue weighted by molar-refractivity contribution is -0.00730. The molecule has 0 heterocycles. The van der Waals surface area contributed by atoms with E-state index >= 15 is 0 Å². The normalized spacial score (nSPS) is 22.8. The molecule has 6 nitrogen and oxygen atoms in total. The zero-order valence-electron chi connectivity index (χ0n) is 10.9. The first-order valence-corrected chi connectivity index (χ1v) is 8.91. The molecule has 0 radical (unpaired) electrons. The lowest BCUT2D eigenvalue weighted by atomic mass is 10.1. The molecule has 0 N–H and O–H groups in total. The molecule has 1 fully saturated rings. The smallest absolute Gasteiger partial charge is 0.360 e. The standard InChI is InChI=1S/C12H13FN2O4S2/c13-11-9(20(16)17)6-3-7-10(11)21(18,19)12(15-14)8-4-1-2-5-8/h3,6-8,11H,1-2,4-5H2. The summed E-state index contributed by atoms with van der Waals surface area (Å²) in [5.41, 5.74) is 9.03. The van der Waals surface area contributed by atoms with E-state index in [1.165, 1.54) is 0 Å². The van der Waals surface area contributed by atoms with Crippen molar-refractivity contribution in [2.75, 3.05) is 0 Å². The van der Waals surface area contributed by atoms with Crippen LogP contribution in [0.5, 0.6) is 0 Å². The number of nitrogens with zero attached hydrogens (tertiary/aromatic N) is 2. The number of halogens is 1. The summed E-state index contributed by atoms with van der Waals surface area (Å²) in [7, 11) is -7.19. The predicted octanol–water partition coefficient (Wildman–Crippen LogP) is 1.06. The fourth-order valence-electron chi connectivity index (χ4n) is 2.56. The van der Waals surface area contributed by atoms with E-state index in [0.29, 0.717) is 12.8 Å². The Balaban J connectivity index is 2.49. The second-order valence-electron chi connectivity index (χ2n) is 4.85. The van der Waals surface area contributed by atoms with Gasteiger partial charge in [-0.15, -0.1) is 0 Å². The van der Waals surface area contributed by atoms with Crippen LogP contribution in [0.15, 0.2) is 23.1 Å².